The topological polar surface area (TPSA) is 65.5 Å². The number of rotatable bonds is 6. The number of quaternary nitrogens is 1. The molecule has 0 amide bonds. The monoisotopic (exact) mass is 366 g/mol. The van der Waals surface area contributed by atoms with Crippen molar-refractivity contribution in [3.63, 3.8) is 0 Å². The molecule has 0 aliphatic carbocycles. The van der Waals surface area contributed by atoms with E-state index in [9.17, 15) is 13.2 Å². The molecular weight excluding hydrogens is 347 g/mol. The number of aryl methyl sites for hydroxylation is 1. The van der Waals surface area contributed by atoms with Crippen LogP contribution in [0.4, 0.5) is 24.5 Å². The molecule has 0 fully saturated rings. The van der Waals surface area contributed by atoms with E-state index >= 15 is 0 Å². The second-order valence-corrected chi connectivity index (χ2v) is 5.71. The number of hydrogen-bond acceptors (Lipinski definition) is 5. The van der Waals surface area contributed by atoms with E-state index in [1.807, 2.05) is 24.3 Å². The SMILES string of the molecule is Cc1ccc(NCCOc2cccc(N3C=NN[NH2+]3)c2)cc1C(F)(F)F. The number of hydrogen-bond donors (Lipinski definition) is 3. The molecule has 1 aliphatic rings. The fourth-order valence-electron chi connectivity index (χ4n) is 2.50. The summed E-state index contributed by atoms with van der Waals surface area (Å²) in [5.41, 5.74) is 5.29. The zero-order chi connectivity index (χ0) is 18.6. The second-order valence-electron chi connectivity index (χ2n) is 5.71. The summed E-state index contributed by atoms with van der Waals surface area (Å²) in [7, 11) is 0. The average Bonchev–Trinajstić information content (AvgIpc) is 3.14. The van der Waals surface area contributed by atoms with Crippen LogP contribution in [0.15, 0.2) is 47.6 Å². The molecule has 0 atom stereocenters. The summed E-state index contributed by atoms with van der Waals surface area (Å²) in [5, 5.41) is 8.63. The molecule has 4 N–H and O–H groups in total. The third-order valence-electron chi connectivity index (χ3n) is 3.81. The van der Waals surface area contributed by atoms with Gasteiger partial charge in [-0.05, 0) is 36.8 Å². The van der Waals surface area contributed by atoms with Crippen LogP contribution in [0, 0.1) is 6.92 Å². The smallest absolute Gasteiger partial charge is 0.416 e. The van der Waals surface area contributed by atoms with Gasteiger partial charge in [0, 0.05) is 18.3 Å². The van der Waals surface area contributed by atoms with Crippen LogP contribution in [0.5, 0.6) is 5.75 Å². The number of halogens is 3. The quantitative estimate of drug-likeness (QED) is 0.542. The molecule has 0 aromatic heterocycles. The van der Waals surface area contributed by atoms with Gasteiger partial charge in [0.15, 0.2) is 6.34 Å². The Morgan fingerprint density at radius 2 is 2.08 bits per heavy atom. The fourth-order valence-corrected chi connectivity index (χ4v) is 2.50. The van der Waals surface area contributed by atoms with E-state index in [0.717, 1.165) is 11.8 Å². The third kappa shape index (κ3) is 4.37. The Labute approximate surface area is 148 Å². The molecule has 138 valence electrons. The minimum absolute atomic E-state index is 0.202. The maximum Gasteiger partial charge on any atom is 0.416 e. The van der Waals surface area contributed by atoms with E-state index in [0.29, 0.717) is 24.6 Å². The summed E-state index contributed by atoms with van der Waals surface area (Å²) < 4.78 is 44.5. The average molecular weight is 366 g/mol. The number of nitrogens with one attached hydrogen (secondary N) is 2. The van der Waals surface area contributed by atoms with Gasteiger partial charge < -0.3 is 10.1 Å². The maximum absolute atomic E-state index is 12.9. The highest BCUT2D eigenvalue weighted by Gasteiger charge is 2.32. The van der Waals surface area contributed by atoms with Gasteiger partial charge in [-0.2, -0.15) is 18.2 Å². The molecule has 0 radical (unpaired) electrons. The van der Waals surface area contributed by atoms with E-state index in [2.05, 4.69) is 16.0 Å². The summed E-state index contributed by atoms with van der Waals surface area (Å²) in [6.45, 7) is 2.14. The molecule has 26 heavy (non-hydrogen) atoms. The van der Waals surface area contributed by atoms with E-state index in [1.165, 1.54) is 13.0 Å². The molecule has 1 aliphatic heterocycles. The van der Waals surface area contributed by atoms with Crippen LogP contribution in [0.1, 0.15) is 11.1 Å². The molecule has 1 heterocycles. The van der Waals surface area contributed by atoms with Crippen LogP contribution in [0.2, 0.25) is 0 Å². The highest BCUT2D eigenvalue weighted by molar-refractivity contribution is 5.76. The van der Waals surface area contributed by atoms with Gasteiger partial charge in [0.05, 0.1) is 5.56 Å². The zero-order valence-electron chi connectivity index (χ0n) is 14.0. The Bertz CT molecular complexity index is 794. The van der Waals surface area contributed by atoms with Crippen molar-refractivity contribution in [2.24, 2.45) is 5.10 Å². The Hall–Kier alpha value is -2.94. The van der Waals surface area contributed by atoms with Crippen LogP contribution in [-0.4, -0.2) is 19.5 Å². The Morgan fingerprint density at radius 1 is 1.23 bits per heavy atom. The number of benzene rings is 2. The summed E-state index contributed by atoms with van der Waals surface area (Å²) in [6.07, 6.45) is -2.72. The lowest BCUT2D eigenvalue weighted by Crippen LogP contribution is -2.97. The first-order valence-electron chi connectivity index (χ1n) is 7.98. The lowest BCUT2D eigenvalue weighted by atomic mass is 10.1. The minimum Gasteiger partial charge on any atom is -0.492 e. The summed E-state index contributed by atoms with van der Waals surface area (Å²) >= 11 is 0. The highest BCUT2D eigenvalue weighted by atomic mass is 19.4. The second kappa shape index (κ2) is 7.52. The molecule has 0 unspecified atom stereocenters. The lowest BCUT2D eigenvalue weighted by Gasteiger charge is -2.14. The van der Waals surface area contributed by atoms with Crippen molar-refractivity contribution in [3.8, 4) is 5.75 Å². The molecule has 3 rings (SSSR count). The molecule has 9 heteroatoms. The van der Waals surface area contributed by atoms with Crippen molar-refractivity contribution in [1.82, 2.24) is 5.53 Å². The van der Waals surface area contributed by atoms with Crippen molar-refractivity contribution in [2.75, 3.05) is 23.5 Å². The first-order valence-corrected chi connectivity index (χ1v) is 7.98. The van der Waals surface area contributed by atoms with Crippen LogP contribution >= 0.6 is 0 Å². The molecule has 0 saturated heterocycles. The number of hydrazone groups is 1. The third-order valence-corrected chi connectivity index (χ3v) is 3.81. The first-order chi connectivity index (χ1) is 12.4. The van der Waals surface area contributed by atoms with Crippen molar-refractivity contribution >= 4 is 17.7 Å². The maximum atomic E-state index is 12.9. The zero-order valence-corrected chi connectivity index (χ0v) is 14.0. The van der Waals surface area contributed by atoms with Gasteiger partial charge in [-0.3, -0.25) is 0 Å². The molecule has 0 spiro atoms. The van der Waals surface area contributed by atoms with Gasteiger partial charge >= 0.3 is 6.18 Å². The molecule has 6 nitrogen and oxygen atoms in total. The molecular formula is C17H19F3N5O+. The van der Waals surface area contributed by atoms with Crippen LogP contribution in [-0.2, 0) is 6.18 Å². The number of alkyl halides is 3. The standard InChI is InChI=1S/C17H18F3N5O/c1-12-5-6-13(9-16(12)17(18,19)20)21-7-8-26-15-4-2-3-14(10-15)25-11-22-23-24-25/h2-6,9-11,21,23-24H,7-8H2,1H3/p+1. The Morgan fingerprint density at radius 3 is 2.81 bits per heavy atom. The van der Waals surface area contributed by atoms with Crippen molar-refractivity contribution in [1.29, 1.82) is 0 Å². The summed E-state index contributed by atoms with van der Waals surface area (Å²) in [6, 6.07) is 11.6. The molecule has 2 aromatic carbocycles. The molecule has 0 bridgehead atoms. The highest BCUT2D eigenvalue weighted by Crippen LogP contribution is 2.33. The van der Waals surface area contributed by atoms with Gasteiger partial charge in [-0.15, -0.1) is 16.2 Å². The van der Waals surface area contributed by atoms with E-state index in [1.54, 1.807) is 22.9 Å². The van der Waals surface area contributed by atoms with Crippen LogP contribution in [0.3, 0.4) is 0 Å². The van der Waals surface area contributed by atoms with Crippen molar-refractivity contribution in [2.45, 2.75) is 13.1 Å². The minimum atomic E-state index is -4.36. The van der Waals surface area contributed by atoms with Crippen LogP contribution in [0.25, 0.3) is 0 Å². The normalized spacial score (nSPS) is 13.6. The lowest BCUT2D eigenvalue weighted by molar-refractivity contribution is -0.703. The molecule has 2 aromatic rings. The van der Waals surface area contributed by atoms with E-state index in [-0.39, 0.29) is 5.56 Å². The summed E-state index contributed by atoms with van der Waals surface area (Å²) in [5.74, 6) is 0.665. The number of ether oxygens (including phenoxy) is 1. The van der Waals surface area contributed by atoms with E-state index in [4.69, 9.17) is 4.74 Å². The molecule has 0 saturated carbocycles. The van der Waals surface area contributed by atoms with Gasteiger partial charge in [0.25, 0.3) is 0 Å². The van der Waals surface area contributed by atoms with Gasteiger partial charge in [0.1, 0.15) is 18.0 Å². The largest absolute Gasteiger partial charge is 0.492 e. The number of nitrogens with two attached hydrogens (primary N) is 1. The Kier molecular flexibility index (Phi) is 5.17. The van der Waals surface area contributed by atoms with E-state index < -0.39 is 11.7 Å². The van der Waals surface area contributed by atoms with Crippen LogP contribution < -0.4 is 26.1 Å². The fraction of sp³-hybridized carbons (Fsp3) is 0.235. The predicted molar refractivity (Wildman–Crippen MR) is 92.6 cm³/mol. The Balaban J connectivity index is 1.53. The van der Waals surface area contributed by atoms with Crippen molar-refractivity contribution in [3.05, 3.63) is 53.6 Å². The van der Waals surface area contributed by atoms with Gasteiger partial charge in [-0.25, -0.2) is 0 Å². The number of nitrogens with zero attached hydrogens (tertiary/aromatic N) is 2. The first kappa shape index (κ1) is 17.9. The van der Waals surface area contributed by atoms with Gasteiger partial charge in [0.2, 0.25) is 0 Å². The van der Waals surface area contributed by atoms with Crippen molar-refractivity contribution < 1.29 is 23.4 Å². The number of anilines is 2. The summed E-state index contributed by atoms with van der Waals surface area (Å²) in [4.78, 5) is 0. The predicted octanol–water partition coefficient (Wildman–Crippen LogP) is 2.25. The van der Waals surface area contributed by atoms with Gasteiger partial charge in [-0.1, -0.05) is 12.1 Å².